The fourth-order valence-electron chi connectivity index (χ4n) is 1.25. The van der Waals surface area contributed by atoms with E-state index in [0.717, 1.165) is 0 Å². The zero-order chi connectivity index (χ0) is 11.8. The van der Waals surface area contributed by atoms with Gasteiger partial charge in [0.25, 0.3) is 0 Å². The van der Waals surface area contributed by atoms with Crippen molar-refractivity contribution < 1.29 is 22.0 Å². The minimum absolute atomic E-state index is 0.217. The minimum atomic E-state index is -2.75. The molecule has 0 radical (unpaired) electrons. The predicted molar refractivity (Wildman–Crippen MR) is 48.2 cm³/mol. The molecule has 0 saturated heterocycles. The molecule has 0 fully saturated rings. The van der Waals surface area contributed by atoms with Crippen LogP contribution in [-0.2, 0) is 0 Å². The average molecular weight is 340 g/mol. The van der Waals surface area contributed by atoms with Gasteiger partial charge in [-0.2, -0.15) is 0 Å². The van der Waals surface area contributed by atoms with Gasteiger partial charge in [0.05, 0.1) is 0 Å². The van der Waals surface area contributed by atoms with Gasteiger partial charge in [0, 0.05) is 0 Å². The van der Waals surface area contributed by atoms with E-state index in [9.17, 15) is 22.0 Å². The number of rotatable bonds is 2. The standard InChI is InChI=1S/C9H9F5Te/c1-4(15-2)9(14)3-5(10)6(11)7(12)8(9)13/h3-4,8H,1-2H3. The molecular formula is C9H9F5Te. The Morgan fingerprint density at radius 3 is 2.40 bits per heavy atom. The number of hydrogen-bond acceptors (Lipinski definition) is 0. The van der Waals surface area contributed by atoms with Crippen molar-refractivity contribution in [3.63, 3.8) is 0 Å². The van der Waals surface area contributed by atoms with Gasteiger partial charge in [0.15, 0.2) is 0 Å². The summed E-state index contributed by atoms with van der Waals surface area (Å²) in [6, 6.07) is 0. The van der Waals surface area contributed by atoms with Crippen molar-refractivity contribution in [1.29, 1.82) is 0 Å². The van der Waals surface area contributed by atoms with E-state index in [2.05, 4.69) is 0 Å². The molecule has 0 nitrogen and oxygen atoms in total. The van der Waals surface area contributed by atoms with E-state index in [1.807, 2.05) is 0 Å². The van der Waals surface area contributed by atoms with Gasteiger partial charge < -0.3 is 0 Å². The van der Waals surface area contributed by atoms with Crippen LogP contribution in [0.25, 0.3) is 0 Å². The van der Waals surface area contributed by atoms with Gasteiger partial charge in [-0.25, -0.2) is 0 Å². The van der Waals surface area contributed by atoms with E-state index in [1.165, 1.54) is 6.92 Å². The van der Waals surface area contributed by atoms with Crippen molar-refractivity contribution in [3.8, 4) is 0 Å². The van der Waals surface area contributed by atoms with Gasteiger partial charge in [-0.3, -0.25) is 0 Å². The summed E-state index contributed by atoms with van der Waals surface area (Å²) >= 11 is -0.919. The zero-order valence-electron chi connectivity index (χ0n) is 8.03. The summed E-state index contributed by atoms with van der Waals surface area (Å²) in [5, 5.41) is 0. The zero-order valence-corrected chi connectivity index (χ0v) is 10.4. The van der Waals surface area contributed by atoms with Crippen LogP contribution >= 0.6 is 0 Å². The quantitative estimate of drug-likeness (QED) is 0.532. The third-order valence-electron chi connectivity index (χ3n) is 2.35. The van der Waals surface area contributed by atoms with Gasteiger partial charge in [-0.05, 0) is 0 Å². The van der Waals surface area contributed by atoms with Gasteiger partial charge in [-0.1, -0.05) is 0 Å². The van der Waals surface area contributed by atoms with Crippen molar-refractivity contribution >= 4 is 20.9 Å². The molecule has 1 aliphatic rings. The molecular weight excluding hydrogens is 331 g/mol. The third-order valence-corrected chi connectivity index (χ3v) is 5.40. The second-order valence-corrected chi connectivity index (χ2v) is 6.59. The molecule has 0 aromatic carbocycles. The van der Waals surface area contributed by atoms with Crippen LogP contribution in [-0.4, -0.2) is 32.8 Å². The summed E-state index contributed by atoms with van der Waals surface area (Å²) in [6.07, 6.45) is -2.52. The molecule has 0 aliphatic heterocycles. The summed E-state index contributed by atoms with van der Waals surface area (Å²) < 4.78 is 64.6. The second kappa shape index (κ2) is 4.42. The normalized spacial score (nSPS) is 34.1. The Balaban J connectivity index is 3.17. The van der Waals surface area contributed by atoms with E-state index in [4.69, 9.17) is 0 Å². The fraction of sp³-hybridized carbons (Fsp3) is 0.556. The van der Waals surface area contributed by atoms with Gasteiger partial charge in [0.1, 0.15) is 0 Å². The molecule has 0 heterocycles. The van der Waals surface area contributed by atoms with E-state index >= 15 is 0 Å². The molecule has 0 spiro atoms. The van der Waals surface area contributed by atoms with Gasteiger partial charge in [0.2, 0.25) is 0 Å². The Morgan fingerprint density at radius 2 is 1.93 bits per heavy atom. The molecule has 1 aliphatic carbocycles. The molecule has 0 N–H and O–H groups in total. The molecule has 0 aromatic heterocycles. The molecule has 86 valence electrons. The van der Waals surface area contributed by atoms with Crippen LogP contribution in [0.1, 0.15) is 6.92 Å². The second-order valence-electron chi connectivity index (χ2n) is 3.22. The maximum absolute atomic E-state index is 13.9. The first-order valence-corrected chi connectivity index (χ1v) is 7.81. The molecule has 3 atom stereocenters. The molecule has 0 aromatic rings. The SMILES string of the molecule is C[Te]C(C)C1(F)C=C(F)C(F)=C(F)C1F. The first-order chi connectivity index (χ1) is 6.84. The number of allylic oxidation sites excluding steroid dienone is 4. The summed E-state index contributed by atoms with van der Waals surface area (Å²) in [6.45, 7) is 1.37. The van der Waals surface area contributed by atoms with Crippen molar-refractivity contribution in [1.82, 2.24) is 0 Å². The van der Waals surface area contributed by atoms with Crippen LogP contribution in [0.4, 0.5) is 22.0 Å². The molecule has 3 unspecified atom stereocenters. The summed E-state index contributed by atoms with van der Waals surface area (Å²) in [5.41, 5.74) is -2.75. The molecule has 0 bridgehead atoms. The van der Waals surface area contributed by atoms with Crippen molar-refractivity contribution in [2.75, 3.05) is 0 Å². The molecule has 1 rings (SSSR count). The van der Waals surface area contributed by atoms with Crippen LogP contribution in [0.15, 0.2) is 23.6 Å². The topological polar surface area (TPSA) is 0 Å². The Morgan fingerprint density at radius 1 is 1.40 bits per heavy atom. The van der Waals surface area contributed by atoms with Crippen LogP contribution in [0.2, 0.25) is 8.94 Å². The monoisotopic (exact) mass is 342 g/mol. The van der Waals surface area contributed by atoms with E-state index < -0.39 is 54.2 Å². The number of halogens is 5. The Kier molecular flexibility index (Phi) is 3.83. The van der Waals surface area contributed by atoms with Crippen molar-refractivity contribution in [2.24, 2.45) is 0 Å². The van der Waals surface area contributed by atoms with Crippen LogP contribution < -0.4 is 0 Å². The first-order valence-electron chi connectivity index (χ1n) is 4.14. The van der Waals surface area contributed by atoms with Crippen molar-refractivity contribution in [3.05, 3.63) is 23.6 Å². The third kappa shape index (κ3) is 2.07. The van der Waals surface area contributed by atoms with E-state index in [-0.39, 0.29) is 6.08 Å². The maximum atomic E-state index is 13.9. The Hall–Kier alpha value is -0.0804. The first kappa shape index (κ1) is 13.0. The molecule has 0 amide bonds. The number of hydrogen-bond donors (Lipinski definition) is 0. The Bertz CT molecular complexity index is 324. The van der Waals surface area contributed by atoms with Gasteiger partial charge >= 0.3 is 94.1 Å². The number of alkyl halides is 2. The summed E-state index contributed by atoms with van der Waals surface area (Å²) in [5.74, 6) is -5.57. The summed E-state index contributed by atoms with van der Waals surface area (Å²) in [4.78, 5) is 1.68. The molecule has 15 heavy (non-hydrogen) atoms. The van der Waals surface area contributed by atoms with Crippen LogP contribution in [0.3, 0.4) is 0 Å². The van der Waals surface area contributed by atoms with Crippen LogP contribution in [0.5, 0.6) is 0 Å². The molecule has 0 saturated carbocycles. The van der Waals surface area contributed by atoms with Crippen LogP contribution in [0, 0.1) is 0 Å². The van der Waals surface area contributed by atoms with Crippen molar-refractivity contribution in [2.45, 2.75) is 27.7 Å². The van der Waals surface area contributed by atoms with Gasteiger partial charge in [-0.15, -0.1) is 0 Å². The predicted octanol–water partition coefficient (Wildman–Crippen LogP) is 3.61. The average Bonchev–Trinajstić information content (AvgIpc) is 2.22. The van der Waals surface area contributed by atoms with E-state index in [0.29, 0.717) is 0 Å². The summed E-state index contributed by atoms with van der Waals surface area (Å²) in [7, 11) is 0. The van der Waals surface area contributed by atoms with E-state index in [1.54, 1.807) is 4.97 Å². The fourth-order valence-corrected chi connectivity index (χ4v) is 2.82. The molecule has 6 heteroatoms. The Labute approximate surface area is 94.3 Å².